The summed E-state index contributed by atoms with van der Waals surface area (Å²) in [7, 11) is 0. The topological polar surface area (TPSA) is 45.8 Å². The maximum atomic E-state index is 12.1. The Morgan fingerprint density at radius 2 is 1.80 bits per heavy atom. The molecule has 4 heteroatoms. The second kappa shape index (κ2) is 6.08. The first-order chi connectivity index (χ1) is 9.43. The number of aromatic nitrogens is 2. The zero-order chi connectivity index (χ0) is 14.9. The van der Waals surface area contributed by atoms with Gasteiger partial charge in [0.15, 0.2) is 0 Å². The highest BCUT2D eigenvalue weighted by Crippen LogP contribution is 2.25. The molecule has 20 heavy (non-hydrogen) atoms. The van der Waals surface area contributed by atoms with Crippen molar-refractivity contribution in [3.05, 3.63) is 48.4 Å². The lowest BCUT2D eigenvalue weighted by Crippen LogP contribution is -2.17. The van der Waals surface area contributed by atoms with Crippen LogP contribution in [0.5, 0.6) is 0 Å². The highest BCUT2D eigenvalue weighted by molar-refractivity contribution is 14.1. The minimum absolute atomic E-state index is 0.0431. The number of rotatable bonds is 3. The molecule has 0 bridgehead atoms. The van der Waals surface area contributed by atoms with E-state index in [4.69, 9.17) is 0 Å². The number of nitrogens with one attached hydrogen (secondary N) is 1. The molecule has 0 radical (unpaired) electrons. The second-order valence-electron chi connectivity index (χ2n) is 5.20. The Labute approximate surface area is 133 Å². The van der Waals surface area contributed by atoms with Crippen LogP contribution in [-0.2, 0) is 6.42 Å². The molecule has 0 fully saturated rings. The lowest BCUT2D eigenvalue weighted by molar-refractivity contribution is 0.859. The number of aryl methyl sites for hydroxylation is 4. The molecule has 0 unspecified atom stereocenters. The highest BCUT2D eigenvalue weighted by Gasteiger charge is 2.13. The van der Waals surface area contributed by atoms with E-state index in [9.17, 15) is 4.79 Å². The normalized spacial score (nSPS) is 10.8. The van der Waals surface area contributed by atoms with Crippen LogP contribution >= 0.6 is 22.6 Å². The molecule has 0 amide bonds. The molecule has 0 saturated carbocycles. The van der Waals surface area contributed by atoms with Crippen molar-refractivity contribution >= 4 is 22.6 Å². The molecule has 0 aliphatic carbocycles. The van der Waals surface area contributed by atoms with Gasteiger partial charge in [0.05, 0.1) is 9.26 Å². The van der Waals surface area contributed by atoms with Crippen LogP contribution in [0.2, 0.25) is 0 Å². The summed E-state index contributed by atoms with van der Waals surface area (Å²) in [6.07, 6.45) is 1.82. The molecule has 0 saturated heterocycles. The third-order valence-corrected chi connectivity index (χ3v) is 4.44. The predicted molar refractivity (Wildman–Crippen MR) is 91.2 cm³/mol. The minimum atomic E-state index is -0.0431. The van der Waals surface area contributed by atoms with Crippen molar-refractivity contribution in [1.82, 2.24) is 9.97 Å². The summed E-state index contributed by atoms with van der Waals surface area (Å²) in [5.41, 5.74) is 5.42. The molecule has 1 aromatic carbocycles. The molecule has 2 aromatic rings. The molecule has 0 spiro atoms. The van der Waals surface area contributed by atoms with Gasteiger partial charge in [0, 0.05) is 5.56 Å². The lowest BCUT2D eigenvalue weighted by atomic mass is 9.99. The van der Waals surface area contributed by atoms with Crippen molar-refractivity contribution in [2.45, 2.75) is 40.5 Å². The molecule has 0 atom stereocenters. The fourth-order valence-electron chi connectivity index (χ4n) is 2.58. The average Bonchev–Trinajstić information content (AvgIpc) is 2.34. The number of aromatic amines is 1. The van der Waals surface area contributed by atoms with Crippen LogP contribution < -0.4 is 5.56 Å². The number of halogens is 1. The zero-order valence-electron chi connectivity index (χ0n) is 12.3. The highest BCUT2D eigenvalue weighted by atomic mass is 127. The SMILES string of the molecule is CCCc1nc(-c2c(C)cc(C)cc2C)[nH]c(=O)c1I. The summed E-state index contributed by atoms with van der Waals surface area (Å²) in [5.74, 6) is 0.689. The Morgan fingerprint density at radius 3 is 2.35 bits per heavy atom. The van der Waals surface area contributed by atoms with Crippen LogP contribution in [0.3, 0.4) is 0 Å². The molecular weight excluding hydrogens is 363 g/mol. The van der Waals surface area contributed by atoms with Gasteiger partial charge in [-0.3, -0.25) is 4.79 Å². The fraction of sp³-hybridized carbons (Fsp3) is 0.375. The standard InChI is InChI=1S/C16H19IN2O/c1-5-6-12-14(17)16(20)19-15(18-12)13-10(3)7-9(2)8-11(13)4/h7-8H,5-6H2,1-4H3,(H,18,19,20). The Bertz CT molecular complexity index is 681. The average molecular weight is 382 g/mol. The van der Waals surface area contributed by atoms with Gasteiger partial charge in [-0.25, -0.2) is 4.98 Å². The summed E-state index contributed by atoms with van der Waals surface area (Å²) in [6, 6.07) is 4.25. The molecule has 2 rings (SSSR count). The van der Waals surface area contributed by atoms with E-state index in [-0.39, 0.29) is 5.56 Å². The molecule has 1 aromatic heterocycles. The van der Waals surface area contributed by atoms with Gasteiger partial charge in [-0.2, -0.15) is 0 Å². The van der Waals surface area contributed by atoms with E-state index in [0.717, 1.165) is 35.2 Å². The first kappa shape index (κ1) is 15.2. The summed E-state index contributed by atoms with van der Waals surface area (Å²) in [4.78, 5) is 19.7. The molecule has 1 heterocycles. The van der Waals surface area contributed by atoms with E-state index in [1.165, 1.54) is 5.56 Å². The first-order valence-electron chi connectivity index (χ1n) is 6.81. The van der Waals surface area contributed by atoms with Crippen LogP contribution in [0.4, 0.5) is 0 Å². The summed E-state index contributed by atoms with van der Waals surface area (Å²) < 4.78 is 0.704. The Morgan fingerprint density at radius 1 is 1.20 bits per heavy atom. The van der Waals surface area contributed by atoms with E-state index >= 15 is 0 Å². The van der Waals surface area contributed by atoms with Crippen LogP contribution in [0.25, 0.3) is 11.4 Å². The number of nitrogens with zero attached hydrogens (tertiary/aromatic N) is 1. The fourth-order valence-corrected chi connectivity index (χ4v) is 3.10. The van der Waals surface area contributed by atoms with Crippen LogP contribution in [0.15, 0.2) is 16.9 Å². The Kier molecular flexibility index (Phi) is 4.62. The second-order valence-corrected chi connectivity index (χ2v) is 6.28. The quantitative estimate of drug-likeness (QED) is 0.818. The van der Waals surface area contributed by atoms with Gasteiger partial charge in [0.1, 0.15) is 5.82 Å². The maximum Gasteiger partial charge on any atom is 0.264 e. The third kappa shape index (κ3) is 2.95. The van der Waals surface area contributed by atoms with Crippen LogP contribution in [-0.4, -0.2) is 9.97 Å². The van der Waals surface area contributed by atoms with Crippen LogP contribution in [0, 0.1) is 24.3 Å². The molecule has 1 N–H and O–H groups in total. The van der Waals surface area contributed by atoms with Crippen molar-refractivity contribution in [2.24, 2.45) is 0 Å². The number of H-pyrrole nitrogens is 1. The molecule has 0 aliphatic heterocycles. The molecule has 3 nitrogen and oxygen atoms in total. The predicted octanol–water partition coefficient (Wildman–Crippen LogP) is 3.92. The summed E-state index contributed by atoms with van der Waals surface area (Å²) in [6.45, 7) is 8.30. The van der Waals surface area contributed by atoms with E-state index < -0.39 is 0 Å². The van der Waals surface area contributed by atoms with Crippen molar-refractivity contribution in [1.29, 1.82) is 0 Å². The van der Waals surface area contributed by atoms with E-state index in [1.807, 2.05) is 0 Å². The Hall–Kier alpha value is -1.17. The van der Waals surface area contributed by atoms with Gasteiger partial charge in [-0.1, -0.05) is 31.0 Å². The van der Waals surface area contributed by atoms with E-state index in [1.54, 1.807) is 0 Å². The van der Waals surface area contributed by atoms with E-state index in [2.05, 4.69) is 72.4 Å². The van der Waals surface area contributed by atoms with Crippen molar-refractivity contribution in [3.63, 3.8) is 0 Å². The number of hydrogen-bond acceptors (Lipinski definition) is 2. The van der Waals surface area contributed by atoms with E-state index in [0.29, 0.717) is 9.39 Å². The minimum Gasteiger partial charge on any atom is -0.306 e. The van der Waals surface area contributed by atoms with Crippen molar-refractivity contribution in [3.8, 4) is 11.4 Å². The number of hydrogen-bond donors (Lipinski definition) is 1. The maximum absolute atomic E-state index is 12.1. The van der Waals surface area contributed by atoms with Gasteiger partial charge >= 0.3 is 0 Å². The summed E-state index contributed by atoms with van der Waals surface area (Å²) >= 11 is 2.08. The third-order valence-electron chi connectivity index (χ3n) is 3.33. The largest absolute Gasteiger partial charge is 0.306 e. The van der Waals surface area contributed by atoms with Crippen molar-refractivity contribution < 1.29 is 0 Å². The number of benzene rings is 1. The van der Waals surface area contributed by atoms with Gasteiger partial charge in [0.25, 0.3) is 5.56 Å². The lowest BCUT2D eigenvalue weighted by Gasteiger charge is -2.12. The molecule has 0 aliphatic rings. The molecular formula is C16H19IN2O. The zero-order valence-corrected chi connectivity index (χ0v) is 14.5. The monoisotopic (exact) mass is 382 g/mol. The van der Waals surface area contributed by atoms with Gasteiger partial charge in [-0.15, -0.1) is 0 Å². The van der Waals surface area contributed by atoms with Gasteiger partial charge in [-0.05, 0) is 60.9 Å². The van der Waals surface area contributed by atoms with Crippen molar-refractivity contribution in [2.75, 3.05) is 0 Å². The Balaban J connectivity index is 2.68. The van der Waals surface area contributed by atoms with Crippen LogP contribution in [0.1, 0.15) is 35.7 Å². The van der Waals surface area contributed by atoms with Gasteiger partial charge in [0.2, 0.25) is 0 Å². The summed E-state index contributed by atoms with van der Waals surface area (Å²) in [5, 5.41) is 0. The first-order valence-corrected chi connectivity index (χ1v) is 7.88. The smallest absolute Gasteiger partial charge is 0.264 e. The molecule has 106 valence electrons. The van der Waals surface area contributed by atoms with Gasteiger partial charge < -0.3 is 4.98 Å².